The summed E-state index contributed by atoms with van der Waals surface area (Å²) in [5.74, 6) is -0.881. The molecule has 0 unspecified atom stereocenters. The maximum absolute atomic E-state index is 13.2. The van der Waals surface area contributed by atoms with Crippen LogP contribution in [0.1, 0.15) is 31.2 Å². The van der Waals surface area contributed by atoms with Crippen LogP contribution in [0.3, 0.4) is 0 Å². The van der Waals surface area contributed by atoms with Gasteiger partial charge in [0.1, 0.15) is 0 Å². The first kappa shape index (κ1) is 20.2. The number of nitrogens with zero attached hydrogens (tertiary/aromatic N) is 1. The van der Waals surface area contributed by atoms with Crippen molar-refractivity contribution in [2.45, 2.75) is 43.1 Å². The molecule has 8 nitrogen and oxygen atoms in total. The van der Waals surface area contributed by atoms with Gasteiger partial charge in [-0.3, -0.25) is 10.0 Å². The van der Waals surface area contributed by atoms with E-state index in [2.05, 4.69) is 0 Å². The van der Waals surface area contributed by atoms with E-state index in [4.69, 9.17) is 14.7 Å². The summed E-state index contributed by atoms with van der Waals surface area (Å²) in [5.41, 5.74) is 2.62. The third-order valence-electron chi connectivity index (χ3n) is 5.38. The van der Waals surface area contributed by atoms with Gasteiger partial charge in [-0.1, -0.05) is 30.3 Å². The van der Waals surface area contributed by atoms with Crippen molar-refractivity contribution in [2.75, 3.05) is 26.3 Å². The van der Waals surface area contributed by atoms with Gasteiger partial charge in [-0.25, -0.2) is 18.2 Å². The summed E-state index contributed by atoms with van der Waals surface area (Å²) >= 11 is 0. The Morgan fingerprint density at radius 2 is 1.85 bits per heavy atom. The summed E-state index contributed by atoms with van der Waals surface area (Å²) in [5, 5.41) is 9.09. The number of hydrogen-bond acceptors (Lipinski definition) is 6. The molecule has 3 rings (SSSR count). The molecular formula is C18H26N2O6S. The van der Waals surface area contributed by atoms with E-state index in [-0.39, 0.29) is 32.2 Å². The molecular weight excluding hydrogens is 372 g/mol. The topological polar surface area (TPSA) is 105 Å². The normalized spacial score (nSPS) is 21.7. The zero-order chi connectivity index (χ0) is 19.3. The number of ether oxygens (including phenoxy) is 2. The van der Waals surface area contributed by atoms with Crippen LogP contribution in [0.5, 0.6) is 0 Å². The van der Waals surface area contributed by atoms with E-state index in [1.54, 1.807) is 5.48 Å². The Balaban J connectivity index is 1.62. The molecule has 0 aromatic heterocycles. The largest absolute Gasteiger partial charge is 0.381 e. The van der Waals surface area contributed by atoms with Crippen molar-refractivity contribution in [3.63, 3.8) is 0 Å². The summed E-state index contributed by atoms with van der Waals surface area (Å²) in [6.45, 7) is 1.42. The predicted octanol–water partition coefficient (Wildman–Crippen LogP) is 1.05. The van der Waals surface area contributed by atoms with Gasteiger partial charge in [-0.05, 0) is 18.4 Å². The minimum atomic E-state index is -3.92. The van der Waals surface area contributed by atoms with Gasteiger partial charge in [-0.15, -0.1) is 0 Å². The molecule has 2 fully saturated rings. The number of nitrogens with one attached hydrogen (secondary N) is 1. The van der Waals surface area contributed by atoms with Crippen LogP contribution in [0.25, 0.3) is 0 Å². The molecule has 9 heteroatoms. The first-order valence-electron chi connectivity index (χ1n) is 9.17. The summed E-state index contributed by atoms with van der Waals surface area (Å²) in [7, 11) is -3.92. The second-order valence-corrected chi connectivity index (χ2v) is 9.20. The fraction of sp³-hybridized carbons (Fsp3) is 0.611. The minimum Gasteiger partial charge on any atom is -0.381 e. The number of carbonyl (C=O) groups excluding carboxylic acids is 1. The first-order chi connectivity index (χ1) is 13.0. The van der Waals surface area contributed by atoms with E-state index in [0.29, 0.717) is 32.5 Å². The molecule has 1 aromatic carbocycles. The summed E-state index contributed by atoms with van der Waals surface area (Å²) in [6, 6.07) is 9.83. The highest BCUT2D eigenvalue weighted by Crippen LogP contribution is 2.34. The molecule has 150 valence electrons. The first-order valence-corrected chi connectivity index (χ1v) is 10.6. The van der Waals surface area contributed by atoms with Crippen LogP contribution in [0.4, 0.5) is 0 Å². The van der Waals surface area contributed by atoms with Gasteiger partial charge in [0.15, 0.2) is 4.75 Å². The Morgan fingerprint density at radius 1 is 1.22 bits per heavy atom. The van der Waals surface area contributed by atoms with E-state index in [1.807, 2.05) is 30.3 Å². The lowest BCUT2D eigenvalue weighted by Crippen LogP contribution is -2.60. The average molecular weight is 398 g/mol. The van der Waals surface area contributed by atoms with Crippen LogP contribution in [0.2, 0.25) is 0 Å². The molecule has 2 aliphatic rings. The lowest BCUT2D eigenvalue weighted by atomic mass is 9.98. The number of carbonyl (C=O) groups is 1. The number of hydroxylamine groups is 1. The maximum Gasteiger partial charge on any atom is 0.266 e. The molecule has 0 radical (unpaired) electrons. The van der Waals surface area contributed by atoms with E-state index in [9.17, 15) is 13.2 Å². The molecule has 2 heterocycles. The van der Waals surface area contributed by atoms with E-state index < -0.39 is 20.7 Å². The number of amides is 1. The molecule has 27 heavy (non-hydrogen) atoms. The number of sulfonamides is 1. The molecule has 2 aliphatic heterocycles. The van der Waals surface area contributed by atoms with Crippen LogP contribution >= 0.6 is 0 Å². The molecule has 0 saturated carbocycles. The lowest BCUT2D eigenvalue weighted by molar-refractivity contribution is -0.134. The second kappa shape index (κ2) is 8.66. The van der Waals surface area contributed by atoms with Crippen LogP contribution in [0.15, 0.2) is 30.3 Å². The molecule has 0 aliphatic carbocycles. The van der Waals surface area contributed by atoms with E-state index in [0.717, 1.165) is 5.56 Å². The van der Waals surface area contributed by atoms with Gasteiger partial charge < -0.3 is 9.47 Å². The standard InChI is InChI=1S/C18H26N2O6S/c21-17(19-22)18(8-12-25-13-9-18)27(23,24)20-10-6-16(7-11-20)26-14-15-4-2-1-3-5-15/h1-5,16,22H,6-14H2,(H,19,21). The van der Waals surface area contributed by atoms with Gasteiger partial charge in [0.05, 0.1) is 12.7 Å². The molecule has 1 aromatic rings. The number of rotatable bonds is 6. The SMILES string of the molecule is O=C(NO)C1(S(=O)(=O)N2CCC(OCc3ccccc3)CC2)CCOCC1. The molecule has 0 atom stereocenters. The smallest absolute Gasteiger partial charge is 0.266 e. The lowest BCUT2D eigenvalue weighted by Gasteiger charge is -2.40. The summed E-state index contributed by atoms with van der Waals surface area (Å²) in [6.07, 6.45) is 1.19. The second-order valence-electron chi connectivity index (χ2n) is 6.95. The monoisotopic (exact) mass is 398 g/mol. The van der Waals surface area contributed by atoms with Crippen molar-refractivity contribution in [1.29, 1.82) is 0 Å². The number of piperidine rings is 1. The Morgan fingerprint density at radius 3 is 2.44 bits per heavy atom. The van der Waals surface area contributed by atoms with Crippen molar-refractivity contribution in [1.82, 2.24) is 9.79 Å². The zero-order valence-electron chi connectivity index (χ0n) is 15.2. The van der Waals surface area contributed by atoms with E-state index >= 15 is 0 Å². The van der Waals surface area contributed by atoms with Gasteiger partial charge in [0.2, 0.25) is 10.0 Å². The Kier molecular flexibility index (Phi) is 6.48. The van der Waals surface area contributed by atoms with Gasteiger partial charge in [0, 0.05) is 39.1 Å². The van der Waals surface area contributed by atoms with Crippen molar-refractivity contribution in [3.8, 4) is 0 Å². The summed E-state index contributed by atoms with van der Waals surface area (Å²) < 4.78 is 37.2. The molecule has 2 N–H and O–H groups in total. The zero-order valence-corrected chi connectivity index (χ0v) is 16.0. The minimum absolute atomic E-state index is 0.0195. The maximum atomic E-state index is 13.2. The van der Waals surface area contributed by atoms with Crippen molar-refractivity contribution >= 4 is 15.9 Å². The van der Waals surface area contributed by atoms with Crippen molar-refractivity contribution in [3.05, 3.63) is 35.9 Å². The van der Waals surface area contributed by atoms with E-state index in [1.165, 1.54) is 4.31 Å². The van der Waals surface area contributed by atoms with Gasteiger partial charge >= 0.3 is 0 Å². The fourth-order valence-electron chi connectivity index (χ4n) is 3.68. The average Bonchev–Trinajstić information content (AvgIpc) is 2.73. The van der Waals surface area contributed by atoms with Crippen molar-refractivity contribution in [2.24, 2.45) is 0 Å². The third kappa shape index (κ3) is 4.17. The molecule has 2 saturated heterocycles. The third-order valence-corrected chi connectivity index (χ3v) is 8.01. The molecule has 0 bridgehead atoms. The van der Waals surface area contributed by atoms with Crippen LogP contribution in [-0.4, -0.2) is 61.0 Å². The molecule has 0 spiro atoms. The fourth-order valence-corrected chi connectivity index (χ4v) is 5.83. The summed E-state index contributed by atoms with van der Waals surface area (Å²) in [4.78, 5) is 12.3. The van der Waals surface area contributed by atoms with Gasteiger partial charge in [0.25, 0.3) is 5.91 Å². The van der Waals surface area contributed by atoms with Gasteiger partial charge in [-0.2, -0.15) is 0 Å². The van der Waals surface area contributed by atoms with Crippen LogP contribution in [0, 0.1) is 0 Å². The highest BCUT2D eigenvalue weighted by Gasteiger charge is 2.54. The Hall–Kier alpha value is -1.52. The van der Waals surface area contributed by atoms with Crippen LogP contribution < -0.4 is 5.48 Å². The predicted molar refractivity (Wildman–Crippen MR) is 97.5 cm³/mol. The highest BCUT2D eigenvalue weighted by molar-refractivity contribution is 7.91. The Labute approximate surface area is 159 Å². The number of hydrogen-bond donors (Lipinski definition) is 2. The number of benzene rings is 1. The van der Waals surface area contributed by atoms with Crippen LogP contribution in [-0.2, 0) is 30.9 Å². The van der Waals surface area contributed by atoms with Crippen molar-refractivity contribution < 1.29 is 27.9 Å². The molecule has 1 amide bonds. The highest BCUT2D eigenvalue weighted by atomic mass is 32.2. The quantitative estimate of drug-likeness (QED) is 0.548. The Bertz CT molecular complexity index is 725.